The van der Waals surface area contributed by atoms with Crippen LogP contribution < -0.4 is 15.4 Å². The number of benzene rings is 2. The number of hydrogen-bond donors (Lipinski definition) is 2. The topological polar surface area (TPSA) is 39.1 Å². The van der Waals surface area contributed by atoms with Crippen LogP contribution in [-0.4, -0.2) is 32.7 Å². The van der Waals surface area contributed by atoms with Crippen LogP contribution >= 0.6 is 0 Å². The third kappa shape index (κ3) is 4.84. The Morgan fingerprint density at radius 3 is 2.45 bits per heavy atom. The van der Waals surface area contributed by atoms with Crippen molar-refractivity contribution in [3.8, 4) is 0 Å². The van der Waals surface area contributed by atoms with Gasteiger partial charge in [-0.3, -0.25) is 0 Å². The lowest BCUT2D eigenvalue weighted by atomic mass is 10.0. The van der Waals surface area contributed by atoms with E-state index in [9.17, 15) is 4.79 Å². The Morgan fingerprint density at radius 2 is 1.69 bits per heavy atom. The Bertz CT molecular complexity index is 1060. The highest BCUT2D eigenvalue weighted by Gasteiger charge is 2.23. The second-order valence-electron chi connectivity index (χ2n) is 8.24. The number of rotatable bonds is 5. The maximum Gasteiger partial charge on any atom is 0.336 e. The van der Waals surface area contributed by atoms with Crippen molar-refractivity contribution in [2.45, 2.75) is 20.4 Å². The lowest BCUT2D eigenvalue weighted by Crippen LogP contribution is -3.27. The van der Waals surface area contributed by atoms with Crippen LogP contribution in [0, 0.1) is 13.8 Å². The van der Waals surface area contributed by atoms with Gasteiger partial charge in [-0.1, -0.05) is 42.5 Å². The second kappa shape index (κ2) is 8.76. The summed E-state index contributed by atoms with van der Waals surface area (Å²) in [5.41, 5.74) is 5.18. The first-order chi connectivity index (χ1) is 14.1. The number of quaternary nitrogens is 2. The van der Waals surface area contributed by atoms with Crippen LogP contribution in [0.4, 0.5) is 0 Å². The van der Waals surface area contributed by atoms with Crippen molar-refractivity contribution in [1.29, 1.82) is 0 Å². The van der Waals surface area contributed by atoms with Crippen molar-refractivity contribution < 1.29 is 14.2 Å². The average Bonchev–Trinajstić information content (AvgIpc) is 2.69. The maximum absolute atomic E-state index is 12.1. The van der Waals surface area contributed by atoms with E-state index in [1.165, 1.54) is 11.1 Å². The van der Waals surface area contributed by atoms with Crippen LogP contribution in [0.2, 0.25) is 0 Å². The molecule has 0 radical (unpaired) electrons. The van der Waals surface area contributed by atoms with Gasteiger partial charge in [-0.15, -0.1) is 0 Å². The Morgan fingerprint density at radius 1 is 0.966 bits per heavy atom. The quantitative estimate of drug-likeness (QED) is 0.647. The standard InChI is InChI=1S/C25H28N2O2/c1-19-15-20(2)25-22(17-24(28)29-23(25)16-19)18-27-13-11-26(12-14-27)10-6-9-21-7-4-3-5-8-21/h3-9,15-17H,10-14,18H2,1-2H3/p+2. The van der Waals surface area contributed by atoms with E-state index in [0.717, 1.165) is 61.4 Å². The molecule has 2 heterocycles. The summed E-state index contributed by atoms with van der Waals surface area (Å²) < 4.78 is 5.47. The van der Waals surface area contributed by atoms with Gasteiger partial charge in [0.25, 0.3) is 0 Å². The first kappa shape index (κ1) is 19.6. The van der Waals surface area contributed by atoms with Gasteiger partial charge in [0.1, 0.15) is 38.3 Å². The Balaban J connectivity index is 1.39. The van der Waals surface area contributed by atoms with Gasteiger partial charge in [-0.2, -0.15) is 0 Å². The molecule has 2 N–H and O–H groups in total. The average molecular weight is 391 g/mol. The zero-order valence-corrected chi connectivity index (χ0v) is 17.3. The minimum absolute atomic E-state index is 0.243. The molecule has 4 nitrogen and oxygen atoms in total. The summed E-state index contributed by atoms with van der Waals surface area (Å²) in [7, 11) is 0. The molecule has 0 atom stereocenters. The second-order valence-corrected chi connectivity index (χ2v) is 8.24. The molecule has 4 rings (SSSR count). The normalized spacial score (nSPS) is 19.8. The first-order valence-corrected chi connectivity index (χ1v) is 10.5. The van der Waals surface area contributed by atoms with Gasteiger partial charge in [0.15, 0.2) is 0 Å². The zero-order valence-electron chi connectivity index (χ0n) is 17.3. The molecular weight excluding hydrogens is 360 g/mol. The maximum atomic E-state index is 12.1. The van der Waals surface area contributed by atoms with Gasteiger partial charge in [-0.25, -0.2) is 4.79 Å². The van der Waals surface area contributed by atoms with Crippen molar-refractivity contribution in [3.05, 3.63) is 87.3 Å². The van der Waals surface area contributed by atoms with Crippen molar-refractivity contribution in [1.82, 2.24) is 0 Å². The molecule has 1 fully saturated rings. The SMILES string of the molecule is Cc1cc(C)c2c(C[NH+]3CC[NH+](CC=Cc4ccccc4)CC3)cc(=O)oc2c1. The van der Waals surface area contributed by atoms with E-state index in [0.29, 0.717) is 0 Å². The summed E-state index contributed by atoms with van der Waals surface area (Å²) in [6.45, 7) is 10.7. The van der Waals surface area contributed by atoms with E-state index in [1.807, 2.05) is 19.1 Å². The minimum Gasteiger partial charge on any atom is -0.423 e. The lowest BCUT2D eigenvalue weighted by Gasteiger charge is -2.29. The summed E-state index contributed by atoms with van der Waals surface area (Å²) in [5.74, 6) is 0. The van der Waals surface area contributed by atoms with Gasteiger partial charge < -0.3 is 14.2 Å². The third-order valence-electron chi connectivity index (χ3n) is 5.89. The summed E-state index contributed by atoms with van der Waals surface area (Å²) in [6, 6.07) is 16.3. The van der Waals surface area contributed by atoms with Crippen molar-refractivity contribution in [2.24, 2.45) is 0 Å². The molecule has 4 heteroatoms. The fourth-order valence-corrected chi connectivity index (χ4v) is 4.45. The van der Waals surface area contributed by atoms with E-state index in [1.54, 1.807) is 15.9 Å². The molecule has 0 bridgehead atoms. The summed E-state index contributed by atoms with van der Waals surface area (Å²) in [5, 5.41) is 1.11. The molecule has 29 heavy (non-hydrogen) atoms. The Labute approximate surface area is 172 Å². The Kier molecular flexibility index (Phi) is 5.93. The van der Waals surface area contributed by atoms with Crippen molar-refractivity contribution >= 4 is 17.0 Å². The molecule has 3 aromatic rings. The smallest absolute Gasteiger partial charge is 0.336 e. The highest BCUT2D eigenvalue weighted by Crippen LogP contribution is 2.22. The van der Waals surface area contributed by atoms with Crippen LogP contribution in [0.15, 0.2) is 63.8 Å². The summed E-state index contributed by atoms with van der Waals surface area (Å²) in [6.07, 6.45) is 4.50. The monoisotopic (exact) mass is 390 g/mol. The van der Waals surface area contributed by atoms with E-state index >= 15 is 0 Å². The first-order valence-electron chi connectivity index (χ1n) is 10.5. The molecule has 0 amide bonds. The molecule has 0 unspecified atom stereocenters. The van der Waals surface area contributed by atoms with E-state index in [4.69, 9.17) is 4.42 Å². The molecule has 0 spiro atoms. The van der Waals surface area contributed by atoms with Crippen LogP contribution in [0.3, 0.4) is 0 Å². The lowest BCUT2D eigenvalue weighted by molar-refractivity contribution is -1.02. The molecule has 0 saturated carbocycles. The molecule has 0 aliphatic carbocycles. The highest BCUT2D eigenvalue weighted by atomic mass is 16.4. The minimum atomic E-state index is -0.243. The summed E-state index contributed by atoms with van der Waals surface area (Å²) >= 11 is 0. The van der Waals surface area contributed by atoms with Crippen LogP contribution in [-0.2, 0) is 6.54 Å². The molecule has 1 aliphatic heterocycles. The van der Waals surface area contributed by atoms with E-state index in [2.05, 4.69) is 49.4 Å². The number of hydrogen-bond acceptors (Lipinski definition) is 2. The van der Waals surface area contributed by atoms with E-state index in [-0.39, 0.29) is 5.63 Å². The highest BCUT2D eigenvalue weighted by molar-refractivity contribution is 5.84. The van der Waals surface area contributed by atoms with Crippen LogP contribution in [0.1, 0.15) is 22.3 Å². The number of aryl methyl sites for hydroxylation is 2. The molecule has 1 aromatic heterocycles. The predicted octanol–water partition coefficient (Wildman–Crippen LogP) is 1.41. The van der Waals surface area contributed by atoms with Crippen molar-refractivity contribution in [2.75, 3.05) is 32.7 Å². The third-order valence-corrected chi connectivity index (χ3v) is 5.89. The van der Waals surface area contributed by atoms with Crippen LogP contribution in [0.25, 0.3) is 17.0 Å². The fourth-order valence-electron chi connectivity index (χ4n) is 4.45. The summed E-state index contributed by atoms with van der Waals surface area (Å²) in [4.78, 5) is 15.2. The molecule has 2 aromatic carbocycles. The van der Waals surface area contributed by atoms with E-state index < -0.39 is 0 Å². The largest absolute Gasteiger partial charge is 0.423 e. The van der Waals surface area contributed by atoms with Gasteiger partial charge in [-0.05, 0) is 42.7 Å². The number of fused-ring (bicyclic) bond motifs is 1. The number of nitrogens with one attached hydrogen (secondary N) is 2. The van der Waals surface area contributed by atoms with Crippen LogP contribution in [0.5, 0.6) is 0 Å². The Hall–Kier alpha value is -2.69. The molecule has 150 valence electrons. The van der Waals surface area contributed by atoms with Gasteiger partial charge >= 0.3 is 5.63 Å². The van der Waals surface area contributed by atoms with Crippen molar-refractivity contribution in [3.63, 3.8) is 0 Å². The predicted molar refractivity (Wildman–Crippen MR) is 117 cm³/mol. The molecule has 1 saturated heterocycles. The number of piperazine rings is 1. The fraction of sp³-hybridized carbons (Fsp3) is 0.320. The van der Waals surface area contributed by atoms with Gasteiger partial charge in [0.05, 0.1) is 6.54 Å². The molecular formula is C25H30N2O2+2. The zero-order chi connectivity index (χ0) is 20.2. The van der Waals surface area contributed by atoms with Gasteiger partial charge in [0.2, 0.25) is 0 Å². The molecule has 1 aliphatic rings. The van der Waals surface area contributed by atoms with Gasteiger partial charge in [0, 0.05) is 17.0 Å².